The number of nitrogens with two attached hydrogens (primary N) is 1. The van der Waals surface area contributed by atoms with Crippen LogP contribution in [-0.4, -0.2) is 28.9 Å². The predicted molar refractivity (Wildman–Crippen MR) is 83.0 cm³/mol. The van der Waals surface area contributed by atoms with Crippen LogP contribution in [0.25, 0.3) is 0 Å². The van der Waals surface area contributed by atoms with Gasteiger partial charge in [-0.1, -0.05) is 27.7 Å². The fourth-order valence-electron chi connectivity index (χ4n) is 2.16. The standard InChI is InChI=1S/C16H34N2O/c1-9-13(10-2)18(11-12(3)4)14(19)15(5,6)16(7,8)17/h12-13H,9-11,17H2,1-8H3. The number of rotatable bonds is 7. The Balaban J connectivity index is 5.32. The number of carbonyl (C=O) groups is 1. The molecule has 19 heavy (non-hydrogen) atoms. The summed E-state index contributed by atoms with van der Waals surface area (Å²) in [5, 5.41) is 0. The molecular formula is C16H34N2O. The van der Waals surface area contributed by atoms with Crippen LogP contribution in [0.1, 0.15) is 68.2 Å². The minimum atomic E-state index is -0.551. The first kappa shape index (κ1) is 18.4. The summed E-state index contributed by atoms with van der Waals surface area (Å²) in [5.41, 5.74) is 5.14. The van der Waals surface area contributed by atoms with Gasteiger partial charge in [0.05, 0.1) is 5.41 Å². The molecule has 0 aromatic heterocycles. The van der Waals surface area contributed by atoms with Crippen LogP contribution in [0.5, 0.6) is 0 Å². The summed E-state index contributed by atoms with van der Waals surface area (Å²) >= 11 is 0. The predicted octanol–water partition coefficient (Wildman–Crippen LogP) is 3.42. The summed E-state index contributed by atoms with van der Waals surface area (Å²) in [7, 11) is 0. The normalized spacial score (nSPS) is 13.2. The van der Waals surface area contributed by atoms with E-state index in [0.717, 1.165) is 19.4 Å². The molecule has 0 saturated carbocycles. The van der Waals surface area contributed by atoms with Gasteiger partial charge in [-0.2, -0.15) is 0 Å². The van der Waals surface area contributed by atoms with E-state index in [1.807, 2.05) is 27.7 Å². The molecule has 0 spiro atoms. The monoisotopic (exact) mass is 270 g/mol. The van der Waals surface area contributed by atoms with Gasteiger partial charge < -0.3 is 10.6 Å². The second kappa shape index (κ2) is 6.74. The van der Waals surface area contributed by atoms with Crippen molar-refractivity contribution in [2.45, 2.75) is 79.8 Å². The number of hydrogen-bond donors (Lipinski definition) is 1. The average molecular weight is 270 g/mol. The highest BCUT2D eigenvalue weighted by atomic mass is 16.2. The van der Waals surface area contributed by atoms with E-state index in [1.54, 1.807) is 0 Å². The van der Waals surface area contributed by atoms with E-state index in [9.17, 15) is 4.79 Å². The van der Waals surface area contributed by atoms with Gasteiger partial charge in [0.1, 0.15) is 0 Å². The minimum Gasteiger partial charge on any atom is -0.339 e. The Bertz CT molecular complexity index is 286. The molecule has 0 rings (SSSR count). The van der Waals surface area contributed by atoms with Gasteiger partial charge in [0.15, 0.2) is 0 Å². The van der Waals surface area contributed by atoms with Crippen molar-refractivity contribution in [1.29, 1.82) is 0 Å². The lowest BCUT2D eigenvalue weighted by Crippen LogP contribution is -2.58. The van der Waals surface area contributed by atoms with E-state index in [4.69, 9.17) is 5.73 Å². The van der Waals surface area contributed by atoms with Crippen LogP contribution in [0.4, 0.5) is 0 Å². The molecule has 0 radical (unpaired) electrons. The second-order valence-corrected chi connectivity index (χ2v) is 7.17. The molecule has 1 amide bonds. The molecule has 114 valence electrons. The van der Waals surface area contributed by atoms with Crippen LogP contribution in [0, 0.1) is 11.3 Å². The third-order valence-corrected chi connectivity index (χ3v) is 4.35. The van der Waals surface area contributed by atoms with Crippen molar-refractivity contribution in [3.05, 3.63) is 0 Å². The SMILES string of the molecule is CCC(CC)N(CC(C)C)C(=O)C(C)(C)C(C)(C)N. The second-order valence-electron chi connectivity index (χ2n) is 7.17. The molecule has 0 aromatic rings. The number of carbonyl (C=O) groups excluding carboxylic acids is 1. The quantitative estimate of drug-likeness (QED) is 0.770. The number of hydrogen-bond acceptors (Lipinski definition) is 2. The van der Waals surface area contributed by atoms with E-state index < -0.39 is 11.0 Å². The van der Waals surface area contributed by atoms with E-state index in [2.05, 4.69) is 32.6 Å². The third-order valence-electron chi connectivity index (χ3n) is 4.35. The van der Waals surface area contributed by atoms with Gasteiger partial charge >= 0.3 is 0 Å². The molecule has 0 fully saturated rings. The zero-order valence-corrected chi connectivity index (χ0v) is 14.2. The summed E-state index contributed by atoms with van der Waals surface area (Å²) in [4.78, 5) is 15.0. The largest absolute Gasteiger partial charge is 0.339 e. The summed E-state index contributed by atoms with van der Waals surface area (Å²) < 4.78 is 0. The molecule has 0 saturated heterocycles. The Morgan fingerprint density at radius 3 is 1.79 bits per heavy atom. The van der Waals surface area contributed by atoms with Crippen molar-refractivity contribution in [2.75, 3.05) is 6.54 Å². The van der Waals surface area contributed by atoms with E-state index in [0.29, 0.717) is 12.0 Å². The van der Waals surface area contributed by atoms with Gasteiger partial charge in [0, 0.05) is 18.1 Å². The summed E-state index contributed by atoms with van der Waals surface area (Å²) in [5.74, 6) is 0.656. The van der Waals surface area contributed by atoms with Crippen molar-refractivity contribution in [3.8, 4) is 0 Å². The first-order valence-electron chi connectivity index (χ1n) is 7.58. The van der Waals surface area contributed by atoms with Gasteiger partial charge in [0.2, 0.25) is 5.91 Å². The lowest BCUT2D eigenvalue weighted by molar-refractivity contribution is -0.146. The molecule has 0 bridgehead atoms. The van der Waals surface area contributed by atoms with Crippen LogP contribution >= 0.6 is 0 Å². The van der Waals surface area contributed by atoms with Crippen molar-refractivity contribution in [1.82, 2.24) is 4.90 Å². The van der Waals surface area contributed by atoms with Crippen LogP contribution in [-0.2, 0) is 4.79 Å². The molecule has 3 heteroatoms. The van der Waals surface area contributed by atoms with Crippen molar-refractivity contribution >= 4 is 5.91 Å². The minimum absolute atomic E-state index is 0.183. The Labute approximate surface area is 119 Å². The highest BCUT2D eigenvalue weighted by Crippen LogP contribution is 2.32. The fourth-order valence-corrected chi connectivity index (χ4v) is 2.16. The molecule has 0 aliphatic rings. The zero-order valence-electron chi connectivity index (χ0n) is 14.2. The maximum atomic E-state index is 13.0. The summed E-state index contributed by atoms with van der Waals surface area (Å²) in [6.07, 6.45) is 1.99. The summed E-state index contributed by atoms with van der Waals surface area (Å²) in [6, 6.07) is 0.316. The van der Waals surface area contributed by atoms with E-state index in [1.165, 1.54) is 0 Å². The fraction of sp³-hybridized carbons (Fsp3) is 0.938. The van der Waals surface area contributed by atoms with Crippen molar-refractivity contribution in [2.24, 2.45) is 17.1 Å². The lowest BCUT2D eigenvalue weighted by Gasteiger charge is -2.43. The Morgan fingerprint density at radius 1 is 1.11 bits per heavy atom. The van der Waals surface area contributed by atoms with Gasteiger partial charge in [-0.15, -0.1) is 0 Å². The molecule has 0 aliphatic heterocycles. The van der Waals surface area contributed by atoms with Gasteiger partial charge in [-0.05, 0) is 46.5 Å². The van der Waals surface area contributed by atoms with E-state index in [-0.39, 0.29) is 5.91 Å². The third kappa shape index (κ3) is 4.48. The van der Waals surface area contributed by atoms with E-state index >= 15 is 0 Å². The van der Waals surface area contributed by atoms with Crippen molar-refractivity contribution < 1.29 is 4.79 Å². The highest BCUT2D eigenvalue weighted by molar-refractivity contribution is 5.83. The first-order valence-corrected chi connectivity index (χ1v) is 7.58. The molecule has 0 heterocycles. The van der Waals surface area contributed by atoms with Crippen LogP contribution in [0.15, 0.2) is 0 Å². The molecule has 2 N–H and O–H groups in total. The van der Waals surface area contributed by atoms with Crippen LogP contribution in [0.2, 0.25) is 0 Å². The molecule has 0 unspecified atom stereocenters. The van der Waals surface area contributed by atoms with Gasteiger partial charge in [-0.3, -0.25) is 4.79 Å². The summed E-state index contributed by atoms with van der Waals surface area (Å²) in [6.45, 7) is 17.2. The average Bonchev–Trinajstić information content (AvgIpc) is 2.26. The maximum absolute atomic E-state index is 13.0. The molecule has 3 nitrogen and oxygen atoms in total. The first-order chi connectivity index (χ1) is 8.48. The smallest absolute Gasteiger partial charge is 0.230 e. The lowest BCUT2D eigenvalue weighted by atomic mass is 9.73. The Hall–Kier alpha value is -0.570. The highest BCUT2D eigenvalue weighted by Gasteiger charge is 2.43. The van der Waals surface area contributed by atoms with Crippen LogP contribution < -0.4 is 5.73 Å². The molecule has 0 atom stereocenters. The van der Waals surface area contributed by atoms with Gasteiger partial charge in [0.25, 0.3) is 0 Å². The number of nitrogens with zero attached hydrogens (tertiary/aromatic N) is 1. The Kier molecular flexibility index (Phi) is 6.53. The van der Waals surface area contributed by atoms with Crippen LogP contribution in [0.3, 0.4) is 0 Å². The number of amides is 1. The zero-order chi connectivity index (χ0) is 15.4. The van der Waals surface area contributed by atoms with Gasteiger partial charge in [-0.25, -0.2) is 0 Å². The molecule has 0 aliphatic carbocycles. The topological polar surface area (TPSA) is 46.3 Å². The maximum Gasteiger partial charge on any atom is 0.230 e. The molecule has 0 aromatic carbocycles. The van der Waals surface area contributed by atoms with Crippen molar-refractivity contribution in [3.63, 3.8) is 0 Å². The Morgan fingerprint density at radius 2 is 1.53 bits per heavy atom. The molecular weight excluding hydrogens is 236 g/mol.